The summed E-state index contributed by atoms with van der Waals surface area (Å²) in [6, 6.07) is -0.818. The van der Waals surface area contributed by atoms with Crippen LogP contribution in [0.25, 0.3) is 0 Å². The third kappa shape index (κ3) is 40.6. The summed E-state index contributed by atoms with van der Waals surface area (Å²) in [4.78, 5) is 12.5. The van der Waals surface area contributed by atoms with Crippen LogP contribution in [0.1, 0.15) is 251 Å². The third-order valence-corrected chi connectivity index (χ3v) is 11.2. The summed E-state index contributed by atoms with van der Waals surface area (Å²) < 4.78 is 0. The lowest BCUT2D eigenvalue weighted by Crippen LogP contribution is -2.48. The first-order chi connectivity index (χ1) is 27.1. The minimum absolute atomic E-state index is 0.380. The second kappa shape index (κ2) is 45.3. The van der Waals surface area contributed by atoms with E-state index in [0.29, 0.717) is 6.42 Å². The Morgan fingerprint density at radius 1 is 0.436 bits per heavy atom. The molecule has 3 atom stereocenters. The van der Waals surface area contributed by atoms with Gasteiger partial charge in [0.2, 0.25) is 5.91 Å². The molecule has 5 heteroatoms. The van der Waals surface area contributed by atoms with Crippen LogP contribution in [0.3, 0.4) is 0 Å². The average Bonchev–Trinajstić information content (AvgIpc) is 3.19. The van der Waals surface area contributed by atoms with Crippen molar-refractivity contribution in [2.45, 2.75) is 270 Å². The number of amides is 1. The monoisotopic (exact) mass is 774 g/mol. The van der Waals surface area contributed by atoms with Gasteiger partial charge >= 0.3 is 0 Å². The quantitative estimate of drug-likeness (QED) is 0.0367. The highest BCUT2D eigenvalue weighted by molar-refractivity contribution is 5.80. The number of carbonyl (C=O) groups excluding carboxylic acids is 1. The smallest absolute Gasteiger partial charge is 0.249 e. The number of aliphatic hydroxyl groups is 3. The fourth-order valence-corrected chi connectivity index (χ4v) is 7.38. The van der Waals surface area contributed by atoms with E-state index in [-0.39, 0.29) is 6.61 Å². The summed E-state index contributed by atoms with van der Waals surface area (Å²) >= 11 is 0. The van der Waals surface area contributed by atoms with Gasteiger partial charge in [0.1, 0.15) is 6.10 Å². The summed E-state index contributed by atoms with van der Waals surface area (Å²) in [5.41, 5.74) is 0. The topological polar surface area (TPSA) is 89.8 Å². The van der Waals surface area contributed by atoms with Gasteiger partial charge in [-0.2, -0.15) is 0 Å². The van der Waals surface area contributed by atoms with Gasteiger partial charge in [0, 0.05) is 0 Å². The van der Waals surface area contributed by atoms with Crippen LogP contribution in [0.4, 0.5) is 0 Å². The number of hydrogen-bond acceptors (Lipinski definition) is 4. The van der Waals surface area contributed by atoms with Crippen molar-refractivity contribution in [1.82, 2.24) is 5.32 Å². The number of hydrogen-bond donors (Lipinski definition) is 4. The number of aliphatic hydroxyl groups excluding tert-OH is 3. The second-order valence-electron chi connectivity index (χ2n) is 16.7. The van der Waals surface area contributed by atoms with Crippen LogP contribution in [0, 0.1) is 0 Å². The lowest BCUT2D eigenvalue weighted by atomic mass is 10.0. The van der Waals surface area contributed by atoms with Crippen molar-refractivity contribution >= 4 is 5.91 Å². The first kappa shape index (κ1) is 53.6. The predicted molar refractivity (Wildman–Crippen MR) is 241 cm³/mol. The zero-order valence-electron chi connectivity index (χ0n) is 36.8. The molecule has 3 unspecified atom stereocenters. The molecular formula is C50H95NO4. The van der Waals surface area contributed by atoms with E-state index in [1.807, 2.05) is 6.08 Å². The Balaban J connectivity index is 3.53. The molecule has 0 aliphatic heterocycles. The molecule has 4 N–H and O–H groups in total. The maximum atomic E-state index is 12.5. The minimum Gasteiger partial charge on any atom is -0.394 e. The van der Waals surface area contributed by atoms with E-state index >= 15 is 0 Å². The van der Waals surface area contributed by atoms with Gasteiger partial charge < -0.3 is 20.6 Å². The van der Waals surface area contributed by atoms with Crippen LogP contribution in [-0.2, 0) is 4.79 Å². The molecule has 0 aromatic heterocycles. The molecule has 5 nitrogen and oxygen atoms in total. The van der Waals surface area contributed by atoms with E-state index in [1.165, 1.54) is 186 Å². The van der Waals surface area contributed by atoms with Gasteiger partial charge in [-0.15, -0.1) is 0 Å². The van der Waals surface area contributed by atoms with Gasteiger partial charge in [-0.1, -0.05) is 249 Å². The Morgan fingerprint density at radius 2 is 0.745 bits per heavy atom. The normalized spacial score (nSPS) is 13.8. The molecule has 1 amide bonds. The lowest BCUT2D eigenvalue weighted by molar-refractivity contribution is -0.131. The molecule has 324 valence electrons. The average molecular weight is 774 g/mol. The summed E-state index contributed by atoms with van der Waals surface area (Å²) in [6.07, 6.45) is 57.8. The van der Waals surface area contributed by atoms with Gasteiger partial charge in [0.15, 0.2) is 0 Å². The summed E-state index contributed by atoms with van der Waals surface area (Å²) in [5.74, 6) is -0.515. The highest BCUT2D eigenvalue weighted by Crippen LogP contribution is 2.17. The van der Waals surface area contributed by atoms with Crippen molar-refractivity contribution < 1.29 is 20.1 Å². The molecule has 0 heterocycles. The van der Waals surface area contributed by atoms with E-state index in [0.717, 1.165) is 44.9 Å². The van der Waals surface area contributed by atoms with Gasteiger partial charge in [0.25, 0.3) is 0 Å². The third-order valence-electron chi connectivity index (χ3n) is 11.2. The van der Waals surface area contributed by atoms with E-state index in [4.69, 9.17) is 0 Å². The predicted octanol–water partition coefficient (Wildman–Crippen LogP) is 14.3. The molecule has 0 spiro atoms. The number of nitrogens with one attached hydrogen (secondary N) is 1. The first-order valence-corrected chi connectivity index (χ1v) is 24.3. The molecule has 0 aliphatic carbocycles. The summed E-state index contributed by atoms with van der Waals surface area (Å²) in [5, 5.41) is 33.1. The van der Waals surface area contributed by atoms with E-state index in [9.17, 15) is 20.1 Å². The van der Waals surface area contributed by atoms with Gasteiger partial charge in [0.05, 0.1) is 18.8 Å². The Kier molecular flexibility index (Phi) is 44.1. The number of carbonyl (C=O) groups is 1. The van der Waals surface area contributed by atoms with Crippen molar-refractivity contribution in [3.05, 3.63) is 36.5 Å². The molecule has 0 saturated heterocycles. The fourth-order valence-electron chi connectivity index (χ4n) is 7.38. The molecule has 0 bridgehead atoms. The standard InChI is InChI=1S/C50H95NO4/c1-3-5-7-9-11-13-15-17-18-19-20-21-22-23-24-25-26-27-28-29-30-31-32-33-35-37-39-41-43-45-49(54)50(55)51-47(46-52)48(53)44-42-40-38-36-34-16-14-12-10-8-6-4-2/h10,12,34,36,42,44,47-49,52-54H,3-9,11,13-33,35,37-41,43,45-46H2,1-2H3,(H,51,55)/b12-10+,36-34+,44-42+. The molecule has 0 rings (SSSR count). The van der Waals surface area contributed by atoms with E-state index in [1.54, 1.807) is 6.08 Å². The second-order valence-corrected chi connectivity index (χ2v) is 16.7. The molecule has 0 fully saturated rings. The molecule has 0 saturated carbocycles. The molecule has 0 aliphatic rings. The fraction of sp³-hybridized carbons (Fsp3) is 0.860. The maximum absolute atomic E-state index is 12.5. The minimum atomic E-state index is -1.11. The molecular weight excluding hydrogens is 679 g/mol. The number of allylic oxidation sites excluding steroid dienone is 5. The zero-order valence-corrected chi connectivity index (χ0v) is 36.8. The van der Waals surface area contributed by atoms with Crippen molar-refractivity contribution in [1.29, 1.82) is 0 Å². The van der Waals surface area contributed by atoms with E-state index in [2.05, 4.69) is 43.5 Å². The van der Waals surface area contributed by atoms with Crippen LogP contribution in [-0.4, -0.2) is 46.1 Å². The number of unbranched alkanes of at least 4 members (excludes halogenated alkanes) is 32. The van der Waals surface area contributed by atoms with Gasteiger partial charge in [-0.3, -0.25) is 4.79 Å². The van der Waals surface area contributed by atoms with Crippen LogP contribution >= 0.6 is 0 Å². The highest BCUT2D eigenvalue weighted by Gasteiger charge is 2.22. The van der Waals surface area contributed by atoms with E-state index < -0.39 is 24.2 Å². The Bertz CT molecular complexity index is 855. The summed E-state index contributed by atoms with van der Waals surface area (Å²) in [6.45, 7) is 4.13. The molecule has 0 aromatic carbocycles. The molecule has 55 heavy (non-hydrogen) atoms. The Hall–Kier alpha value is -1.43. The summed E-state index contributed by atoms with van der Waals surface area (Å²) in [7, 11) is 0. The first-order valence-electron chi connectivity index (χ1n) is 24.3. The van der Waals surface area contributed by atoms with Crippen molar-refractivity contribution in [2.24, 2.45) is 0 Å². The van der Waals surface area contributed by atoms with Gasteiger partial charge in [-0.25, -0.2) is 0 Å². The van der Waals surface area contributed by atoms with Crippen molar-refractivity contribution in [2.75, 3.05) is 6.61 Å². The highest BCUT2D eigenvalue weighted by atomic mass is 16.3. The van der Waals surface area contributed by atoms with Gasteiger partial charge in [-0.05, 0) is 38.5 Å². The zero-order chi connectivity index (χ0) is 40.1. The maximum Gasteiger partial charge on any atom is 0.249 e. The Morgan fingerprint density at radius 3 is 1.09 bits per heavy atom. The van der Waals surface area contributed by atoms with Crippen LogP contribution in [0.2, 0.25) is 0 Å². The van der Waals surface area contributed by atoms with Crippen LogP contribution in [0.15, 0.2) is 36.5 Å². The van der Waals surface area contributed by atoms with Crippen LogP contribution in [0.5, 0.6) is 0 Å². The largest absolute Gasteiger partial charge is 0.394 e. The van der Waals surface area contributed by atoms with Crippen LogP contribution < -0.4 is 5.32 Å². The molecule has 0 radical (unpaired) electrons. The van der Waals surface area contributed by atoms with Crippen molar-refractivity contribution in [3.8, 4) is 0 Å². The Labute approximate surface area is 343 Å². The van der Waals surface area contributed by atoms with Crippen molar-refractivity contribution in [3.63, 3.8) is 0 Å². The molecule has 0 aromatic rings. The number of rotatable bonds is 44. The lowest BCUT2D eigenvalue weighted by Gasteiger charge is -2.21. The SMILES string of the molecule is CCCC/C=C/CC/C=C/CC/C=C/C(O)C(CO)NC(=O)C(O)CCCCCCCCCCCCCCCCCCCCCCCCCCCCCCC.